The summed E-state index contributed by atoms with van der Waals surface area (Å²) in [5.74, 6) is 0.612. The standard InChI is InChI=1S/C19H21N5O2/c1-21-10-14(12-6-4-3-5-7-12)24-19-16-15(26-2)9-8-13(18(20)25)17(16)22-11-23-19/h3-9,11,14,21H,10H2,1-2H3,(H2,20,25)(H,22,23,24). The van der Waals surface area contributed by atoms with Gasteiger partial charge in [0.15, 0.2) is 0 Å². The number of methoxy groups -OCH3 is 1. The molecule has 1 unspecified atom stereocenters. The first-order valence-corrected chi connectivity index (χ1v) is 8.23. The molecule has 1 heterocycles. The van der Waals surface area contributed by atoms with E-state index in [4.69, 9.17) is 10.5 Å². The molecule has 0 saturated heterocycles. The van der Waals surface area contributed by atoms with Crippen LogP contribution in [-0.4, -0.2) is 36.6 Å². The summed E-state index contributed by atoms with van der Waals surface area (Å²) < 4.78 is 5.46. The van der Waals surface area contributed by atoms with Gasteiger partial charge >= 0.3 is 0 Å². The summed E-state index contributed by atoms with van der Waals surface area (Å²) in [6, 6.07) is 13.3. The second-order valence-electron chi connectivity index (χ2n) is 5.79. The Morgan fingerprint density at radius 2 is 1.96 bits per heavy atom. The number of rotatable bonds is 7. The summed E-state index contributed by atoms with van der Waals surface area (Å²) in [6.07, 6.45) is 1.41. The summed E-state index contributed by atoms with van der Waals surface area (Å²) >= 11 is 0. The fraction of sp³-hybridized carbons (Fsp3) is 0.211. The molecule has 134 valence electrons. The number of primary amides is 1. The lowest BCUT2D eigenvalue weighted by Crippen LogP contribution is -2.24. The molecule has 1 aromatic heterocycles. The van der Waals surface area contributed by atoms with Gasteiger partial charge in [0.25, 0.3) is 5.91 Å². The number of hydrogen-bond acceptors (Lipinski definition) is 6. The highest BCUT2D eigenvalue weighted by Gasteiger charge is 2.19. The highest BCUT2D eigenvalue weighted by atomic mass is 16.5. The van der Waals surface area contributed by atoms with E-state index in [1.807, 2.05) is 37.4 Å². The number of likely N-dealkylation sites (N-methyl/N-ethyl adjacent to an activating group) is 1. The lowest BCUT2D eigenvalue weighted by molar-refractivity contribution is 0.100. The molecule has 3 rings (SSSR count). The summed E-state index contributed by atoms with van der Waals surface area (Å²) in [7, 11) is 3.46. The maximum atomic E-state index is 11.8. The first-order chi connectivity index (χ1) is 12.7. The summed E-state index contributed by atoms with van der Waals surface area (Å²) in [6.45, 7) is 0.688. The van der Waals surface area contributed by atoms with Crippen molar-refractivity contribution < 1.29 is 9.53 Å². The van der Waals surface area contributed by atoms with Gasteiger partial charge in [-0.3, -0.25) is 4.79 Å². The van der Waals surface area contributed by atoms with E-state index in [2.05, 4.69) is 20.6 Å². The number of anilines is 1. The summed E-state index contributed by atoms with van der Waals surface area (Å²) in [4.78, 5) is 20.4. The number of carbonyl (C=O) groups excluding carboxylic acids is 1. The van der Waals surface area contributed by atoms with E-state index in [0.717, 1.165) is 5.56 Å². The Labute approximate surface area is 151 Å². The third-order valence-electron chi connectivity index (χ3n) is 4.16. The van der Waals surface area contributed by atoms with E-state index >= 15 is 0 Å². The molecular formula is C19H21N5O2. The normalized spacial score (nSPS) is 11.9. The number of nitrogens with zero attached hydrogens (tertiary/aromatic N) is 2. The number of amides is 1. The van der Waals surface area contributed by atoms with Crippen LogP contribution in [0.1, 0.15) is 22.0 Å². The Bertz CT molecular complexity index is 914. The predicted octanol–water partition coefficient (Wildman–Crippen LogP) is 2.11. The Hall–Kier alpha value is -3.19. The Morgan fingerprint density at radius 1 is 1.19 bits per heavy atom. The zero-order valence-corrected chi connectivity index (χ0v) is 14.7. The molecule has 4 N–H and O–H groups in total. The topological polar surface area (TPSA) is 102 Å². The number of fused-ring (bicyclic) bond motifs is 1. The largest absolute Gasteiger partial charge is 0.496 e. The lowest BCUT2D eigenvalue weighted by atomic mass is 10.1. The molecule has 7 nitrogen and oxygen atoms in total. The first kappa shape index (κ1) is 17.6. The number of nitrogens with one attached hydrogen (secondary N) is 2. The SMILES string of the molecule is CNCC(Nc1ncnc2c(C(N)=O)ccc(OC)c12)c1ccccc1. The summed E-state index contributed by atoms with van der Waals surface area (Å²) in [5, 5.41) is 7.24. The lowest BCUT2D eigenvalue weighted by Gasteiger charge is -2.21. The fourth-order valence-corrected chi connectivity index (χ4v) is 2.93. The average molecular weight is 351 g/mol. The highest BCUT2D eigenvalue weighted by molar-refractivity contribution is 6.09. The van der Waals surface area contributed by atoms with Gasteiger partial charge in [0.05, 0.1) is 29.6 Å². The van der Waals surface area contributed by atoms with Crippen molar-refractivity contribution in [2.75, 3.05) is 26.0 Å². The van der Waals surface area contributed by atoms with Crippen LogP contribution in [0.15, 0.2) is 48.8 Å². The fourth-order valence-electron chi connectivity index (χ4n) is 2.93. The highest BCUT2D eigenvalue weighted by Crippen LogP contribution is 2.33. The van der Waals surface area contributed by atoms with Gasteiger partial charge in [-0.15, -0.1) is 0 Å². The molecule has 0 bridgehead atoms. The van der Waals surface area contributed by atoms with E-state index in [0.29, 0.717) is 34.6 Å². The number of carbonyl (C=O) groups is 1. The molecular weight excluding hydrogens is 330 g/mol. The van der Waals surface area contributed by atoms with E-state index in [-0.39, 0.29) is 6.04 Å². The molecule has 0 spiro atoms. The molecule has 2 aromatic carbocycles. The van der Waals surface area contributed by atoms with Crippen molar-refractivity contribution in [2.24, 2.45) is 5.73 Å². The minimum absolute atomic E-state index is 0.0266. The molecule has 0 radical (unpaired) electrons. The molecule has 0 aliphatic carbocycles. The third-order valence-corrected chi connectivity index (χ3v) is 4.16. The van der Waals surface area contributed by atoms with Crippen molar-refractivity contribution in [3.63, 3.8) is 0 Å². The number of aromatic nitrogens is 2. The van der Waals surface area contributed by atoms with Gasteiger partial charge in [-0.25, -0.2) is 9.97 Å². The van der Waals surface area contributed by atoms with Gasteiger partial charge in [0.2, 0.25) is 0 Å². The second-order valence-corrected chi connectivity index (χ2v) is 5.79. The van der Waals surface area contributed by atoms with Crippen LogP contribution in [-0.2, 0) is 0 Å². The summed E-state index contributed by atoms with van der Waals surface area (Å²) in [5.41, 5.74) is 7.39. The zero-order valence-electron chi connectivity index (χ0n) is 14.7. The predicted molar refractivity (Wildman–Crippen MR) is 101 cm³/mol. The number of benzene rings is 2. The van der Waals surface area contributed by atoms with Crippen LogP contribution in [0.5, 0.6) is 5.75 Å². The van der Waals surface area contributed by atoms with Gasteiger partial charge in [-0.2, -0.15) is 0 Å². The first-order valence-electron chi connectivity index (χ1n) is 8.23. The molecule has 0 aliphatic heterocycles. The Balaban J connectivity index is 2.12. The molecule has 7 heteroatoms. The van der Waals surface area contributed by atoms with E-state index in [1.54, 1.807) is 19.2 Å². The maximum Gasteiger partial charge on any atom is 0.250 e. The minimum Gasteiger partial charge on any atom is -0.496 e. The molecule has 0 saturated carbocycles. The van der Waals surface area contributed by atoms with Crippen LogP contribution < -0.4 is 21.1 Å². The van der Waals surface area contributed by atoms with Gasteiger partial charge in [-0.05, 0) is 24.7 Å². The van der Waals surface area contributed by atoms with Crippen LogP contribution in [0, 0.1) is 0 Å². The number of hydrogen-bond donors (Lipinski definition) is 3. The smallest absolute Gasteiger partial charge is 0.250 e. The second kappa shape index (κ2) is 7.79. The molecule has 3 aromatic rings. The number of ether oxygens (including phenoxy) is 1. The number of nitrogens with two attached hydrogens (primary N) is 1. The average Bonchev–Trinajstić information content (AvgIpc) is 2.67. The Morgan fingerprint density at radius 3 is 2.62 bits per heavy atom. The van der Waals surface area contributed by atoms with Crippen LogP contribution in [0.2, 0.25) is 0 Å². The van der Waals surface area contributed by atoms with Gasteiger partial charge in [0, 0.05) is 6.54 Å². The van der Waals surface area contributed by atoms with Crippen molar-refractivity contribution in [1.82, 2.24) is 15.3 Å². The quantitative estimate of drug-likeness (QED) is 0.602. The molecule has 1 atom stereocenters. The van der Waals surface area contributed by atoms with E-state index in [1.165, 1.54) is 6.33 Å². The monoisotopic (exact) mass is 351 g/mol. The van der Waals surface area contributed by atoms with Gasteiger partial charge in [0.1, 0.15) is 17.9 Å². The van der Waals surface area contributed by atoms with E-state index < -0.39 is 5.91 Å². The third kappa shape index (κ3) is 3.43. The van der Waals surface area contributed by atoms with Crippen molar-refractivity contribution in [3.05, 3.63) is 59.9 Å². The van der Waals surface area contributed by atoms with Crippen molar-refractivity contribution >= 4 is 22.6 Å². The van der Waals surface area contributed by atoms with Crippen LogP contribution in [0.3, 0.4) is 0 Å². The minimum atomic E-state index is -0.544. The molecule has 1 amide bonds. The van der Waals surface area contributed by atoms with Crippen molar-refractivity contribution in [3.8, 4) is 5.75 Å². The maximum absolute atomic E-state index is 11.8. The van der Waals surface area contributed by atoms with Crippen molar-refractivity contribution in [2.45, 2.75) is 6.04 Å². The molecule has 0 fully saturated rings. The van der Waals surface area contributed by atoms with Gasteiger partial charge in [-0.1, -0.05) is 30.3 Å². The molecule has 0 aliphatic rings. The Kier molecular flexibility index (Phi) is 5.28. The molecule has 26 heavy (non-hydrogen) atoms. The van der Waals surface area contributed by atoms with Gasteiger partial charge < -0.3 is 21.1 Å². The van der Waals surface area contributed by atoms with Crippen molar-refractivity contribution in [1.29, 1.82) is 0 Å². The van der Waals surface area contributed by atoms with Crippen LogP contribution in [0.25, 0.3) is 10.9 Å². The van der Waals surface area contributed by atoms with Crippen LogP contribution in [0.4, 0.5) is 5.82 Å². The zero-order chi connectivity index (χ0) is 18.5. The van der Waals surface area contributed by atoms with E-state index in [9.17, 15) is 4.79 Å². The van der Waals surface area contributed by atoms with Crippen LogP contribution >= 0.6 is 0 Å².